The highest BCUT2D eigenvalue weighted by Crippen LogP contribution is 2.25. The van der Waals surface area contributed by atoms with Crippen LogP contribution in [0.4, 0.5) is 0 Å². The Kier molecular flexibility index (Phi) is 5.61. The molecule has 0 aromatic carbocycles. The summed E-state index contributed by atoms with van der Waals surface area (Å²) in [4.78, 5) is 11.3. The Balaban J connectivity index is 2.29. The van der Waals surface area contributed by atoms with Gasteiger partial charge in [0, 0.05) is 6.04 Å². The minimum atomic E-state index is -0.253. The SMILES string of the molecule is CC(C)(C#N)CCCNC1CCCCC1C(N)=O. The van der Waals surface area contributed by atoms with Gasteiger partial charge < -0.3 is 11.1 Å². The summed E-state index contributed by atoms with van der Waals surface area (Å²) < 4.78 is 0. The van der Waals surface area contributed by atoms with E-state index >= 15 is 0 Å². The van der Waals surface area contributed by atoms with Crippen molar-refractivity contribution in [2.24, 2.45) is 17.1 Å². The standard InChI is InChI=1S/C14H25N3O/c1-14(2,10-15)8-5-9-17-12-7-4-3-6-11(12)13(16)18/h11-12,17H,3-9H2,1-2H3,(H2,16,18). The van der Waals surface area contributed by atoms with E-state index in [1.165, 1.54) is 6.42 Å². The maximum atomic E-state index is 11.3. The molecule has 0 heterocycles. The van der Waals surface area contributed by atoms with Crippen LogP contribution in [0.2, 0.25) is 0 Å². The van der Waals surface area contributed by atoms with Crippen LogP contribution in [0.15, 0.2) is 0 Å². The zero-order chi connectivity index (χ0) is 13.6. The summed E-state index contributed by atoms with van der Waals surface area (Å²) in [5.74, 6) is -0.188. The second kappa shape index (κ2) is 6.75. The van der Waals surface area contributed by atoms with Gasteiger partial charge in [0.1, 0.15) is 0 Å². The molecule has 0 aromatic heterocycles. The quantitative estimate of drug-likeness (QED) is 0.708. The number of hydrogen-bond acceptors (Lipinski definition) is 3. The molecule has 2 unspecified atom stereocenters. The number of nitrogens with two attached hydrogens (primary N) is 1. The normalized spacial score (nSPS) is 24.5. The van der Waals surface area contributed by atoms with Crippen molar-refractivity contribution in [2.45, 2.75) is 58.4 Å². The smallest absolute Gasteiger partial charge is 0.222 e. The Morgan fingerprint density at radius 3 is 2.72 bits per heavy atom. The van der Waals surface area contributed by atoms with Gasteiger partial charge in [0.25, 0.3) is 0 Å². The molecule has 1 aliphatic rings. The molecule has 0 aliphatic heterocycles. The first kappa shape index (κ1) is 15.0. The third-order valence-electron chi connectivity index (χ3n) is 3.82. The second-order valence-electron chi connectivity index (χ2n) is 5.95. The van der Waals surface area contributed by atoms with Crippen molar-refractivity contribution in [2.75, 3.05) is 6.54 Å². The lowest BCUT2D eigenvalue weighted by molar-refractivity contribution is -0.123. The fourth-order valence-electron chi connectivity index (χ4n) is 2.59. The summed E-state index contributed by atoms with van der Waals surface area (Å²) in [5.41, 5.74) is 5.18. The Bertz CT molecular complexity index is 319. The fraction of sp³-hybridized carbons (Fsp3) is 0.857. The van der Waals surface area contributed by atoms with Crippen molar-refractivity contribution in [3.63, 3.8) is 0 Å². The van der Waals surface area contributed by atoms with E-state index in [1.54, 1.807) is 0 Å². The van der Waals surface area contributed by atoms with E-state index in [0.29, 0.717) is 0 Å². The number of primary amides is 1. The first-order valence-corrected chi connectivity index (χ1v) is 6.90. The molecule has 4 nitrogen and oxygen atoms in total. The number of hydrogen-bond donors (Lipinski definition) is 2. The first-order valence-electron chi connectivity index (χ1n) is 6.90. The van der Waals surface area contributed by atoms with Crippen LogP contribution in [0.3, 0.4) is 0 Å². The summed E-state index contributed by atoms with van der Waals surface area (Å²) in [6.45, 7) is 4.78. The molecule has 1 saturated carbocycles. The van der Waals surface area contributed by atoms with E-state index in [1.807, 2.05) is 13.8 Å². The van der Waals surface area contributed by atoms with E-state index < -0.39 is 0 Å². The number of nitriles is 1. The van der Waals surface area contributed by atoms with E-state index in [4.69, 9.17) is 11.0 Å². The summed E-state index contributed by atoms with van der Waals surface area (Å²) in [5, 5.41) is 12.4. The topological polar surface area (TPSA) is 78.9 Å². The number of nitrogens with one attached hydrogen (secondary N) is 1. The predicted molar refractivity (Wildman–Crippen MR) is 71.6 cm³/mol. The van der Waals surface area contributed by atoms with Crippen molar-refractivity contribution >= 4 is 5.91 Å². The molecule has 18 heavy (non-hydrogen) atoms. The van der Waals surface area contributed by atoms with Crippen LogP contribution in [-0.2, 0) is 4.79 Å². The van der Waals surface area contributed by atoms with Gasteiger partial charge in [-0.25, -0.2) is 0 Å². The monoisotopic (exact) mass is 251 g/mol. The molecule has 0 aromatic rings. The molecule has 0 bridgehead atoms. The van der Waals surface area contributed by atoms with Crippen LogP contribution in [-0.4, -0.2) is 18.5 Å². The van der Waals surface area contributed by atoms with Gasteiger partial charge in [-0.2, -0.15) is 5.26 Å². The lowest BCUT2D eigenvalue weighted by Crippen LogP contribution is -2.45. The van der Waals surface area contributed by atoms with Gasteiger partial charge in [-0.3, -0.25) is 4.79 Å². The molecule has 102 valence electrons. The Labute approximate surface area is 110 Å². The summed E-state index contributed by atoms with van der Waals surface area (Å²) in [6.07, 6.45) is 6.07. The lowest BCUT2D eigenvalue weighted by Gasteiger charge is -2.30. The van der Waals surface area contributed by atoms with Crippen molar-refractivity contribution in [1.29, 1.82) is 5.26 Å². The average molecular weight is 251 g/mol. The number of amides is 1. The minimum absolute atomic E-state index is 0.0114. The molecule has 1 aliphatic carbocycles. The molecule has 1 fully saturated rings. The zero-order valence-corrected chi connectivity index (χ0v) is 11.5. The first-order chi connectivity index (χ1) is 8.46. The van der Waals surface area contributed by atoms with Gasteiger partial charge in [-0.15, -0.1) is 0 Å². The summed E-state index contributed by atoms with van der Waals surface area (Å²) >= 11 is 0. The molecular weight excluding hydrogens is 226 g/mol. The molecule has 1 amide bonds. The number of carbonyl (C=O) groups excluding carboxylic acids is 1. The van der Waals surface area contributed by atoms with Crippen molar-refractivity contribution in [3.05, 3.63) is 0 Å². The van der Waals surface area contributed by atoms with Gasteiger partial charge in [0.2, 0.25) is 5.91 Å². The lowest BCUT2D eigenvalue weighted by atomic mass is 9.83. The van der Waals surface area contributed by atoms with E-state index in [9.17, 15) is 4.79 Å². The van der Waals surface area contributed by atoms with Crippen LogP contribution in [0.25, 0.3) is 0 Å². The molecule has 0 spiro atoms. The number of nitrogens with zero attached hydrogens (tertiary/aromatic N) is 1. The van der Waals surface area contributed by atoms with E-state index in [0.717, 1.165) is 38.6 Å². The van der Waals surface area contributed by atoms with Crippen molar-refractivity contribution < 1.29 is 4.79 Å². The van der Waals surface area contributed by atoms with E-state index in [-0.39, 0.29) is 23.3 Å². The highest BCUT2D eigenvalue weighted by Gasteiger charge is 2.28. The molecule has 0 saturated heterocycles. The molecule has 1 rings (SSSR count). The Morgan fingerprint density at radius 1 is 1.44 bits per heavy atom. The summed E-state index contributed by atoms with van der Waals surface area (Å²) in [7, 11) is 0. The maximum absolute atomic E-state index is 11.3. The van der Waals surface area contributed by atoms with Crippen LogP contribution in [0.5, 0.6) is 0 Å². The molecular formula is C14H25N3O. The largest absolute Gasteiger partial charge is 0.369 e. The van der Waals surface area contributed by atoms with Crippen LogP contribution in [0.1, 0.15) is 52.4 Å². The van der Waals surface area contributed by atoms with Gasteiger partial charge in [-0.1, -0.05) is 12.8 Å². The zero-order valence-electron chi connectivity index (χ0n) is 11.5. The van der Waals surface area contributed by atoms with Gasteiger partial charge in [0.05, 0.1) is 17.4 Å². The van der Waals surface area contributed by atoms with Crippen LogP contribution < -0.4 is 11.1 Å². The molecule has 2 atom stereocenters. The summed E-state index contributed by atoms with van der Waals surface area (Å²) in [6, 6.07) is 2.54. The predicted octanol–water partition coefficient (Wildman–Crippen LogP) is 1.95. The highest BCUT2D eigenvalue weighted by atomic mass is 16.1. The van der Waals surface area contributed by atoms with Gasteiger partial charge >= 0.3 is 0 Å². The minimum Gasteiger partial charge on any atom is -0.369 e. The number of carbonyl (C=O) groups is 1. The van der Waals surface area contributed by atoms with Crippen molar-refractivity contribution in [3.8, 4) is 6.07 Å². The van der Waals surface area contributed by atoms with E-state index in [2.05, 4.69) is 11.4 Å². The van der Waals surface area contributed by atoms with Crippen LogP contribution >= 0.6 is 0 Å². The van der Waals surface area contributed by atoms with Gasteiger partial charge in [0.15, 0.2) is 0 Å². The van der Waals surface area contributed by atoms with Crippen LogP contribution in [0, 0.1) is 22.7 Å². The Morgan fingerprint density at radius 2 is 2.11 bits per heavy atom. The second-order valence-corrected chi connectivity index (χ2v) is 5.95. The molecule has 4 heteroatoms. The van der Waals surface area contributed by atoms with Gasteiger partial charge in [-0.05, 0) is 46.1 Å². The van der Waals surface area contributed by atoms with Crippen molar-refractivity contribution in [1.82, 2.24) is 5.32 Å². The average Bonchev–Trinajstić information content (AvgIpc) is 2.35. The molecule has 0 radical (unpaired) electrons. The number of rotatable bonds is 6. The third-order valence-corrected chi connectivity index (χ3v) is 3.82. The third kappa shape index (κ3) is 4.66. The highest BCUT2D eigenvalue weighted by molar-refractivity contribution is 5.77. The Hall–Kier alpha value is -1.08. The fourth-order valence-corrected chi connectivity index (χ4v) is 2.59. The molecule has 3 N–H and O–H groups in total. The maximum Gasteiger partial charge on any atom is 0.222 e.